The van der Waals surface area contributed by atoms with E-state index < -0.39 is 23.6 Å². The van der Waals surface area contributed by atoms with Crippen LogP contribution >= 0.6 is 11.6 Å². The Hall–Kier alpha value is -3.66. The van der Waals surface area contributed by atoms with Gasteiger partial charge in [-0.2, -0.15) is 0 Å². The van der Waals surface area contributed by atoms with Crippen LogP contribution in [-0.4, -0.2) is 46.3 Å². The fourth-order valence-electron chi connectivity index (χ4n) is 4.34. The average molecular weight is 537 g/mol. The zero-order chi connectivity index (χ0) is 27.4. The van der Waals surface area contributed by atoms with Crippen LogP contribution in [0, 0.1) is 0 Å². The molecule has 2 heterocycles. The summed E-state index contributed by atoms with van der Waals surface area (Å²) in [4.78, 5) is 30.1. The second-order valence-electron chi connectivity index (χ2n) is 10.1. The Morgan fingerprint density at radius 2 is 1.92 bits per heavy atom. The molecule has 200 valence electrons. The van der Waals surface area contributed by atoms with Gasteiger partial charge < -0.3 is 21.2 Å². The van der Waals surface area contributed by atoms with Crippen molar-refractivity contribution in [3.05, 3.63) is 71.5 Å². The number of ether oxygens (including phenoxy) is 1. The number of primary amides is 1. The van der Waals surface area contributed by atoms with Gasteiger partial charge in [-0.25, -0.2) is 10.2 Å². The Morgan fingerprint density at radius 1 is 1.16 bits per heavy atom. The Bertz CT molecular complexity index is 1460. The van der Waals surface area contributed by atoms with E-state index in [9.17, 15) is 9.59 Å². The smallest absolute Gasteiger partial charge is 0.419 e. The molecule has 0 aliphatic heterocycles. The van der Waals surface area contributed by atoms with E-state index in [0.29, 0.717) is 30.0 Å². The molecule has 2 aromatic heterocycles. The molecule has 0 spiro atoms. The van der Waals surface area contributed by atoms with Crippen molar-refractivity contribution in [1.29, 1.82) is 0 Å². The highest BCUT2D eigenvalue weighted by atomic mass is 35.5. The SMILES string of the molecule is CC(C)(C)OC(=O)n1cc(C[C@H](NN(CCCN)c2ccnc3cc(Cl)ccc23)C(N)=O)c2ccccc21. The van der Waals surface area contributed by atoms with Gasteiger partial charge in [0, 0.05) is 41.2 Å². The first-order valence-corrected chi connectivity index (χ1v) is 12.8. The van der Waals surface area contributed by atoms with Gasteiger partial charge >= 0.3 is 6.09 Å². The van der Waals surface area contributed by atoms with Crippen LogP contribution in [0.1, 0.15) is 32.8 Å². The van der Waals surface area contributed by atoms with Crippen molar-refractivity contribution in [2.24, 2.45) is 11.5 Å². The summed E-state index contributed by atoms with van der Waals surface area (Å²) in [6.07, 6.45) is 3.84. The summed E-state index contributed by atoms with van der Waals surface area (Å²) in [5.74, 6) is -0.529. The summed E-state index contributed by atoms with van der Waals surface area (Å²) in [7, 11) is 0. The number of para-hydroxylation sites is 1. The van der Waals surface area contributed by atoms with Gasteiger partial charge in [-0.15, -0.1) is 0 Å². The molecule has 5 N–H and O–H groups in total. The molecule has 1 atom stereocenters. The molecule has 0 saturated heterocycles. The number of halogens is 1. The quantitative estimate of drug-likeness (QED) is 0.271. The lowest BCUT2D eigenvalue weighted by Gasteiger charge is -2.30. The predicted molar refractivity (Wildman–Crippen MR) is 151 cm³/mol. The van der Waals surface area contributed by atoms with Crippen LogP contribution in [-0.2, 0) is 16.0 Å². The predicted octanol–water partition coefficient (Wildman–Crippen LogP) is 4.38. The Balaban J connectivity index is 1.69. The van der Waals surface area contributed by atoms with E-state index in [-0.39, 0.29) is 6.42 Å². The molecule has 10 heteroatoms. The van der Waals surface area contributed by atoms with Gasteiger partial charge in [-0.3, -0.25) is 14.3 Å². The first kappa shape index (κ1) is 27.4. The molecule has 0 aliphatic rings. The second kappa shape index (κ2) is 11.4. The minimum Gasteiger partial charge on any atom is -0.443 e. The highest BCUT2D eigenvalue weighted by molar-refractivity contribution is 6.31. The number of pyridine rings is 1. The van der Waals surface area contributed by atoms with Crippen molar-refractivity contribution in [1.82, 2.24) is 15.0 Å². The lowest BCUT2D eigenvalue weighted by molar-refractivity contribution is -0.120. The van der Waals surface area contributed by atoms with E-state index in [4.69, 9.17) is 27.8 Å². The summed E-state index contributed by atoms with van der Waals surface area (Å²) in [5.41, 5.74) is 17.4. The van der Waals surface area contributed by atoms with Crippen LogP contribution in [0.5, 0.6) is 0 Å². The number of fused-ring (bicyclic) bond motifs is 2. The third kappa shape index (κ3) is 6.24. The lowest BCUT2D eigenvalue weighted by Crippen LogP contribution is -2.52. The summed E-state index contributed by atoms with van der Waals surface area (Å²) in [5, 5.41) is 4.17. The average Bonchev–Trinajstić information content (AvgIpc) is 3.23. The molecule has 0 radical (unpaired) electrons. The number of nitrogens with one attached hydrogen (secondary N) is 1. The zero-order valence-corrected chi connectivity index (χ0v) is 22.5. The van der Waals surface area contributed by atoms with Gasteiger partial charge in [-0.05, 0) is 69.6 Å². The van der Waals surface area contributed by atoms with Crippen molar-refractivity contribution in [3.8, 4) is 0 Å². The molecule has 0 fully saturated rings. The lowest BCUT2D eigenvalue weighted by atomic mass is 10.0. The van der Waals surface area contributed by atoms with Crippen LogP contribution in [0.2, 0.25) is 5.02 Å². The maximum Gasteiger partial charge on any atom is 0.419 e. The van der Waals surface area contributed by atoms with Crippen LogP contribution in [0.3, 0.4) is 0 Å². The van der Waals surface area contributed by atoms with Crippen molar-refractivity contribution in [2.75, 3.05) is 18.1 Å². The first-order valence-electron chi connectivity index (χ1n) is 12.5. The number of aromatic nitrogens is 2. The summed E-state index contributed by atoms with van der Waals surface area (Å²) in [6.45, 7) is 6.45. The zero-order valence-electron chi connectivity index (χ0n) is 21.8. The van der Waals surface area contributed by atoms with E-state index in [1.807, 2.05) is 62.2 Å². The maximum absolute atomic E-state index is 12.9. The second-order valence-corrected chi connectivity index (χ2v) is 10.5. The number of anilines is 1. The molecular weight excluding hydrogens is 504 g/mol. The molecule has 2 aromatic carbocycles. The largest absolute Gasteiger partial charge is 0.443 e. The van der Waals surface area contributed by atoms with Gasteiger partial charge in [0.05, 0.1) is 16.7 Å². The summed E-state index contributed by atoms with van der Waals surface area (Å²) < 4.78 is 7.07. The van der Waals surface area contributed by atoms with E-state index in [1.54, 1.807) is 24.5 Å². The maximum atomic E-state index is 12.9. The van der Waals surface area contributed by atoms with Crippen molar-refractivity contribution in [3.63, 3.8) is 0 Å². The van der Waals surface area contributed by atoms with E-state index >= 15 is 0 Å². The fraction of sp³-hybridized carbons (Fsp3) is 0.321. The number of benzene rings is 2. The number of amides is 1. The van der Waals surface area contributed by atoms with Crippen molar-refractivity contribution < 1.29 is 14.3 Å². The monoisotopic (exact) mass is 536 g/mol. The molecule has 0 unspecified atom stereocenters. The number of nitrogens with two attached hydrogens (primary N) is 2. The molecule has 0 bridgehead atoms. The number of hydrazine groups is 1. The highest BCUT2D eigenvalue weighted by Gasteiger charge is 2.25. The Morgan fingerprint density at radius 3 is 2.63 bits per heavy atom. The van der Waals surface area contributed by atoms with Crippen LogP contribution in [0.25, 0.3) is 21.8 Å². The molecule has 38 heavy (non-hydrogen) atoms. The molecule has 0 aliphatic carbocycles. The van der Waals surface area contributed by atoms with Gasteiger partial charge in [0.2, 0.25) is 5.91 Å². The van der Waals surface area contributed by atoms with Crippen molar-refractivity contribution in [2.45, 2.75) is 45.3 Å². The number of hydrogen-bond donors (Lipinski definition) is 3. The molecule has 4 rings (SSSR count). The van der Waals surface area contributed by atoms with Crippen LogP contribution < -0.4 is 21.9 Å². The molecule has 1 amide bonds. The number of nitrogens with zero attached hydrogens (tertiary/aromatic N) is 3. The van der Waals surface area contributed by atoms with Gasteiger partial charge in [0.1, 0.15) is 11.6 Å². The van der Waals surface area contributed by atoms with Crippen LogP contribution in [0.4, 0.5) is 10.5 Å². The van der Waals surface area contributed by atoms with Gasteiger partial charge in [0.25, 0.3) is 0 Å². The van der Waals surface area contributed by atoms with E-state index in [2.05, 4.69) is 10.4 Å². The van der Waals surface area contributed by atoms with Crippen LogP contribution in [0.15, 0.2) is 60.9 Å². The normalized spacial score (nSPS) is 12.6. The summed E-state index contributed by atoms with van der Waals surface area (Å²) >= 11 is 6.18. The Labute approximate surface area is 226 Å². The number of carbonyl (C=O) groups excluding carboxylic acids is 2. The first-order chi connectivity index (χ1) is 18.1. The van der Waals surface area contributed by atoms with E-state index in [0.717, 1.165) is 27.5 Å². The highest BCUT2D eigenvalue weighted by Crippen LogP contribution is 2.28. The minimum atomic E-state index is -0.777. The molecule has 4 aromatic rings. The number of hydrogen-bond acceptors (Lipinski definition) is 7. The van der Waals surface area contributed by atoms with Gasteiger partial charge in [-0.1, -0.05) is 29.8 Å². The topological polar surface area (TPSA) is 128 Å². The number of rotatable bonds is 9. The molecule has 9 nitrogen and oxygen atoms in total. The standard InChI is InChI=1S/C28H33ClN6O3/c1-28(2,3)38-27(37)34-17-18(20-7-4-5-8-24(20)34)15-23(26(31)36)33-35(14-6-12-30)25-11-13-32-22-16-19(29)9-10-21(22)25/h4-5,7-11,13,16-17,23,33H,6,12,14-15,30H2,1-3H3,(H2,31,36)/t23-/m0/s1. The summed E-state index contributed by atoms with van der Waals surface area (Å²) in [6, 6.07) is 14.1. The fourth-order valence-corrected chi connectivity index (χ4v) is 4.50. The van der Waals surface area contributed by atoms with Gasteiger partial charge in [0.15, 0.2) is 0 Å². The Kier molecular flexibility index (Phi) is 8.20. The molecule has 0 saturated carbocycles. The molecular formula is C28H33ClN6O3. The third-order valence-electron chi connectivity index (χ3n) is 6.02. The van der Waals surface area contributed by atoms with Crippen molar-refractivity contribution >= 4 is 51.1 Å². The van der Waals surface area contributed by atoms with E-state index in [1.165, 1.54) is 4.57 Å². The number of carbonyl (C=O) groups is 2. The third-order valence-corrected chi connectivity index (χ3v) is 6.26. The minimum absolute atomic E-state index is 0.250.